The second-order valence-corrected chi connectivity index (χ2v) is 6.36. The Morgan fingerprint density at radius 2 is 2.11 bits per heavy atom. The minimum absolute atomic E-state index is 0.107. The summed E-state index contributed by atoms with van der Waals surface area (Å²) in [6.07, 6.45) is 3.83. The van der Waals surface area contributed by atoms with Crippen molar-refractivity contribution in [2.24, 2.45) is 5.73 Å². The first-order chi connectivity index (χ1) is 8.80. The topological polar surface area (TPSA) is 68.0 Å². The van der Waals surface area contributed by atoms with Crippen molar-refractivity contribution in [2.45, 2.75) is 57.5 Å². The summed E-state index contributed by atoms with van der Waals surface area (Å²) in [7, 11) is 0. The average Bonchev–Trinajstić information content (AvgIpc) is 2.26. The molecule has 0 aliphatic heterocycles. The zero-order valence-electron chi connectivity index (χ0n) is 12.0. The van der Waals surface area contributed by atoms with Crippen LogP contribution in [-0.2, 0) is 0 Å². The third kappa shape index (κ3) is 3.53. The van der Waals surface area contributed by atoms with Crippen molar-refractivity contribution in [1.29, 1.82) is 0 Å². The number of aromatic nitrogens is 1. The lowest BCUT2D eigenvalue weighted by atomic mass is 9.73. The Morgan fingerprint density at radius 1 is 1.37 bits per heavy atom. The van der Waals surface area contributed by atoms with E-state index in [1.807, 2.05) is 19.1 Å². The highest BCUT2D eigenvalue weighted by Crippen LogP contribution is 2.33. The normalized spacial score (nSPS) is 30.9. The molecule has 1 amide bonds. The molecule has 2 atom stereocenters. The van der Waals surface area contributed by atoms with Gasteiger partial charge in [-0.25, -0.2) is 4.98 Å². The van der Waals surface area contributed by atoms with Gasteiger partial charge in [0, 0.05) is 16.8 Å². The van der Waals surface area contributed by atoms with Crippen molar-refractivity contribution < 1.29 is 4.79 Å². The standard InChI is InChI=1S/C15H23N3O/c1-11-6-4-7-12(17-11)13(19)18-15(3)9-5-8-14(2,16)10-15/h4,6-7H,5,8-10,16H2,1-3H3,(H,18,19). The monoisotopic (exact) mass is 261 g/mol. The summed E-state index contributed by atoms with van der Waals surface area (Å²) in [6, 6.07) is 5.49. The Hall–Kier alpha value is -1.42. The summed E-state index contributed by atoms with van der Waals surface area (Å²) in [5.74, 6) is -0.107. The van der Waals surface area contributed by atoms with Gasteiger partial charge in [0.25, 0.3) is 5.91 Å². The van der Waals surface area contributed by atoms with E-state index in [-0.39, 0.29) is 17.0 Å². The molecule has 19 heavy (non-hydrogen) atoms. The second-order valence-electron chi connectivity index (χ2n) is 6.36. The van der Waals surface area contributed by atoms with Crippen LogP contribution in [-0.4, -0.2) is 22.0 Å². The molecule has 104 valence electrons. The molecule has 3 N–H and O–H groups in total. The molecule has 1 aromatic heterocycles. The lowest BCUT2D eigenvalue weighted by Gasteiger charge is -2.43. The minimum atomic E-state index is -0.232. The molecule has 0 spiro atoms. The van der Waals surface area contributed by atoms with Gasteiger partial charge in [0.15, 0.2) is 0 Å². The zero-order chi connectivity index (χ0) is 14.1. The third-order valence-electron chi connectivity index (χ3n) is 3.81. The predicted octanol–water partition coefficient (Wildman–Crippen LogP) is 2.17. The summed E-state index contributed by atoms with van der Waals surface area (Å²) in [5, 5.41) is 3.11. The molecular formula is C15H23N3O. The van der Waals surface area contributed by atoms with E-state index in [1.54, 1.807) is 6.07 Å². The molecule has 1 aromatic rings. The van der Waals surface area contributed by atoms with Crippen LogP contribution in [0.5, 0.6) is 0 Å². The molecule has 1 saturated carbocycles. The van der Waals surface area contributed by atoms with E-state index in [9.17, 15) is 4.79 Å². The zero-order valence-corrected chi connectivity index (χ0v) is 12.0. The van der Waals surface area contributed by atoms with E-state index in [0.717, 1.165) is 31.4 Å². The molecule has 1 fully saturated rings. The molecular weight excluding hydrogens is 238 g/mol. The van der Waals surface area contributed by atoms with E-state index in [2.05, 4.69) is 24.1 Å². The van der Waals surface area contributed by atoms with Gasteiger partial charge in [0.05, 0.1) is 0 Å². The first kappa shape index (κ1) is 14.0. The first-order valence-corrected chi connectivity index (χ1v) is 6.85. The lowest BCUT2D eigenvalue weighted by Crippen LogP contribution is -2.56. The highest BCUT2D eigenvalue weighted by atomic mass is 16.2. The third-order valence-corrected chi connectivity index (χ3v) is 3.81. The van der Waals surface area contributed by atoms with Crippen LogP contribution >= 0.6 is 0 Å². The minimum Gasteiger partial charge on any atom is -0.345 e. The van der Waals surface area contributed by atoms with Crippen LogP contribution in [0.25, 0.3) is 0 Å². The number of nitrogens with one attached hydrogen (secondary N) is 1. The fourth-order valence-corrected chi connectivity index (χ4v) is 3.06. The number of carbonyl (C=O) groups is 1. The summed E-state index contributed by atoms with van der Waals surface area (Å²) < 4.78 is 0. The smallest absolute Gasteiger partial charge is 0.270 e. The Bertz CT molecular complexity index is 484. The maximum Gasteiger partial charge on any atom is 0.270 e. The second kappa shape index (κ2) is 4.93. The van der Waals surface area contributed by atoms with Gasteiger partial charge in [-0.3, -0.25) is 4.79 Å². The van der Waals surface area contributed by atoms with Crippen LogP contribution < -0.4 is 11.1 Å². The largest absolute Gasteiger partial charge is 0.345 e. The van der Waals surface area contributed by atoms with Gasteiger partial charge in [0.1, 0.15) is 5.69 Å². The Kier molecular flexibility index (Phi) is 3.63. The molecule has 0 bridgehead atoms. The summed E-state index contributed by atoms with van der Waals surface area (Å²) >= 11 is 0. The van der Waals surface area contributed by atoms with Gasteiger partial charge >= 0.3 is 0 Å². The van der Waals surface area contributed by atoms with Crippen molar-refractivity contribution in [3.05, 3.63) is 29.6 Å². The summed E-state index contributed by atoms with van der Waals surface area (Å²) in [5.41, 5.74) is 7.13. The summed E-state index contributed by atoms with van der Waals surface area (Å²) in [6.45, 7) is 6.02. The van der Waals surface area contributed by atoms with Gasteiger partial charge in [-0.2, -0.15) is 0 Å². The molecule has 4 nitrogen and oxygen atoms in total. The Labute approximate surface area is 114 Å². The predicted molar refractivity (Wildman–Crippen MR) is 75.9 cm³/mol. The highest BCUT2D eigenvalue weighted by molar-refractivity contribution is 5.92. The molecule has 0 aromatic carbocycles. The maximum absolute atomic E-state index is 12.3. The van der Waals surface area contributed by atoms with E-state index in [1.165, 1.54) is 0 Å². The Morgan fingerprint density at radius 3 is 2.74 bits per heavy atom. The molecule has 2 unspecified atom stereocenters. The van der Waals surface area contributed by atoms with Gasteiger partial charge < -0.3 is 11.1 Å². The Balaban J connectivity index is 2.10. The number of rotatable bonds is 2. The molecule has 1 heterocycles. The maximum atomic E-state index is 12.3. The molecule has 4 heteroatoms. The van der Waals surface area contributed by atoms with Crippen LogP contribution in [0.1, 0.15) is 55.7 Å². The molecule has 1 aliphatic rings. The van der Waals surface area contributed by atoms with Crippen LogP contribution in [0.3, 0.4) is 0 Å². The number of carbonyl (C=O) groups excluding carboxylic acids is 1. The van der Waals surface area contributed by atoms with E-state index in [4.69, 9.17) is 5.73 Å². The SMILES string of the molecule is Cc1cccc(C(=O)NC2(C)CCCC(C)(N)C2)n1. The number of nitrogens with zero attached hydrogens (tertiary/aromatic N) is 1. The van der Waals surface area contributed by atoms with E-state index in [0.29, 0.717) is 5.69 Å². The number of aryl methyl sites for hydroxylation is 1. The number of pyridine rings is 1. The van der Waals surface area contributed by atoms with Crippen LogP contribution in [0.4, 0.5) is 0 Å². The quantitative estimate of drug-likeness (QED) is 0.857. The van der Waals surface area contributed by atoms with Gasteiger partial charge in [-0.05, 0) is 58.6 Å². The van der Waals surface area contributed by atoms with Crippen molar-refractivity contribution in [2.75, 3.05) is 0 Å². The van der Waals surface area contributed by atoms with Crippen molar-refractivity contribution in [1.82, 2.24) is 10.3 Å². The number of nitrogens with two attached hydrogens (primary N) is 1. The van der Waals surface area contributed by atoms with E-state index >= 15 is 0 Å². The van der Waals surface area contributed by atoms with Gasteiger partial charge in [0.2, 0.25) is 0 Å². The van der Waals surface area contributed by atoms with Crippen LogP contribution in [0, 0.1) is 6.92 Å². The summed E-state index contributed by atoms with van der Waals surface area (Å²) in [4.78, 5) is 16.5. The number of hydrogen-bond acceptors (Lipinski definition) is 3. The molecule has 0 radical (unpaired) electrons. The average molecular weight is 261 g/mol. The fraction of sp³-hybridized carbons (Fsp3) is 0.600. The molecule has 0 saturated heterocycles. The van der Waals surface area contributed by atoms with Gasteiger partial charge in [-0.15, -0.1) is 0 Å². The van der Waals surface area contributed by atoms with Gasteiger partial charge in [-0.1, -0.05) is 6.07 Å². The van der Waals surface area contributed by atoms with Crippen LogP contribution in [0.15, 0.2) is 18.2 Å². The van der Waals surface area contributed by atoms with Crippen LogP contribution in [0.2, 0.25) is 0 Å². The van der Waals surface area contributed by atoms with Crippen molar-refractivity contribution in [3.63, 3.8) is 0 Å². The fourth-order valence-electron chi connectivity index (χ4n) is 3.06. The number of hydrogen-bond donors (Lipinski definition) is 2. The number of amides is 1. The molecule has 2 rings (SSSR count). The highest BCUT2D eigenvalue weighted by Gasteiger charge is 2.38. The van der Waals surface area contributed by atoms with Crippen molar-refractivity contribution >= 4 is 5.91 Å². The first-order valence-electron chi connectivity index (χ1n) is 6.85. The van der Waals surface area contributed by atoms with E-state index < -0.39 is 0 Å². The molecule has 1 aliphatic carbocycles. The van der Waals surface area contributed by atoms with Crippen molar-refractivity contribution in [3.8, 4) is 0 Å². The lowest BCUT2D eigenvalue weighted by molar-refractivity contribution is 0.0846.